The van der Waals surface area contributed by atoms with E-state index in [9.17, 15) is 8.78 Å². The lowest BCUT2D eigenvalue weighted by molar-refractivity contribution is 0.700. The third-order valence-electron chi connectivity index (χ3n) is 5.46. The summed E-state index contributed by atoms with van der Waals surface area (Å²) in [5.41, 5.74) is 2.95. The summed E-state index contributed by atoms with van der Waals surface area (Å²) >= 11 is 0. The zero-order chi connectivity index (χ0) is 21.3. The Labute approximate surface area is 179 Å². The fraction of sp³-hybridized carbons (Fsp3) is 0.286. The molecule has 3 aromatic carbocycles. The van der Waals surface area contributed by atoms with Crippen LogP contribution >= 0.6 is 0 Å². The Hall–Kier alpha value is -2.74. The van der Waals surface area contributed by atoms with Gasteiger partial charge in [-0.2, -0.15) is 0 Å². The molecule has 0 unspecified atom stereocenters. The van der Waals surface area contributed by atoms with Crippen molar-refractivity contribution in [2.45, 2.75) is 52.4 Å². The largest absolute Gasteiger partial charge is 0.203 e. The zero-order valence-corrected chi connectivity index (χ0v) is 17.9. The highest BCUT2D eigenvalue weighted by molar-refractivity contribution is 5.90. The van der Waals surface area contributed by atoms with E-state index in [4.69, 9.17) is 0 Å². The van der Waals surface area contributed by atoms with E-state index >= 15 is 0 Å². The van der Waals surface area contributed by atoms with Crippen molar-refractivity contribution in [3.63, 3.8) is 0 Å². The molecule has 0 bridgehead atoms. The molecule has 0 heterocycles. The fourth-order valence-electron chi connectivity index (χ4n) is 3.65. The lowest BCUT2D eigenvalue weighted by Crippen LogP contribution is -1.89. The van der Waals surface area contributed by atoms with E-state index in [0.717, 1.165) is 35.6 Å². The maximum atomic E-state index is 14.9. The number of aryl methyl sites for hydroxylation is 2. The summed E-state index contributed by atoms with van der Waals surface area (Å²) in [5, 5.41) is 1.99. The molecule has 0 nitrogen and oxygen atoms in total. The Morgan fingerprint density at radius 1 is 0.733 bits per heavy atom. The smallest absolute Gasteiger partial charge is 0.166 e. The van der Waals surface area contributed by atoms with E-state index in [0.29, 0.717) is 0 Å². The van der Waals surface area contributed by atoms with E-state index < -0.39 is 11.7 Å². The maximum absolute atomic E-state index is 14.9. The van der Waals surface area contributed by atoms with Crippen molar-refractivity contribution in [1.82, 2.24) is 0 Å². The van der Waals surface area contributed by atoms with Crippen molar-refractivity contribution in [1.29, 1.82) is 0 Å². The van der Waals surface area contributed by atoms with E-state index in [-0.39, 0.29) is 11.1 Å². The second kappa shape index (κ2) is 10.9. The minimum atomic E-state index is -0.814. The SMILES string of the molecule is C/C=C/CCc1ccc(C(F)=C(F)c2ccc3cc(CCCCC)ccc3c2)cc1. The fourth-order valence-corrected chi connectivity index (χ4v) is 3.65. The van der Waals surface area contributed by atoms with Crippen molar-refractivity contribution >= 4 is 22.4 Å². The molecule has 0 spiro atoms. The molecule has 0 atom stereocenters. The minimum absolute atomic E-state index is 0.272. The van der Waals surface area contributed by atoms with Gasteiger partial charge in [-0.3, -0.25) is 0 Å². The normalized spacial score (nSPS) is 12.5. The van der Waals surface area contributed by atoms with Crippen LogP contribution in [0.25, 0.3) is 22.4 Å². The standard InChI is InChI=1S/C28H30F2/c1-3-5-7-9-21-11-14-23(15-12-21)27(29)28(30)26-18-17-24-19-22(10-8-6-4-2)13-16-25(24)20-26/h3,5,11-20H,4,6-10H2,1-2H3/b5-3+,28-27?. The number of halogens is 2. The van der Waals surface area contributed by atoms with Crippen molar-refractivity contribution < 1.29 is 8.78 Å². The van der Waals surface area contributed by atoms with Crippen LogP contribution in [-0.4, -0.2) is 0 Å². The molecule has 156 valence electrons. The molecule has 3 rings (SSSR count). The van der Waals surface area contributed by atoms with Crippen LogP contribution < -0.4 is 0 Å². The molecule has 30 heavy (non-hydrogen) atoms. The van der Waals surface area contributed by atoms with Gasteiger partial charge in [-0.15, -0.1) is 0 Å². The van der Waals surface area contributed by atoms with Gasteiger partial charge in [0.05, 0.1) is 0 Å². The molecule has 0 aliphatic heterocycles. The lowest BCUT2D eigenvalue weighted by atomic mass is 10.00. The van der Waals surface area contributed by atoms with Crippen LogP contribution in [0.15, 0.2) is 72.8 Å². The summed E-state index contributed by atoms with van der Waals surface area (Å²) in [4.78, 5) is 0. The van der Waals surface area contributed by atoms with Crippen molar-refractivity contribution in [3.05, 3.63) is 95.1 Å². The highest BCUT2D eigenvalue weighted by Crippen LogP contribution is 2.31. The number of hydrogen-bond donors (Lipinski definition) is 0. The Morgan fingerprint density at radius 3 is 2.10 bits per heavy atom. The number of rotatable bonds is 9. The van der Waals surface area contributed by atoms with Gasteiger partial charge in [0.1, 0.15) is 0 Å². The van der Waals surface area contributed by atoms with Crippen LogP contribution in [0.3, 0.4) is 0 Å². The molecule has 2 heteroatoms. The molecule has 0 radical (unpaired) electrons. The van der Waals surface area contributed by atoms with Crippen LogP contribution in [0, 0.1) is 0 Å². The lowest BCUT2D eigenvalue weighted by Gasteiger charge is -2.07. The van der Waals surface area contributed by atoms with Crippen molar-refractivity contribution in [3.8, 4) is 0 Å². The van der Waals surface area contributed by atoms with Gasteiger partial charge in [0.2, 0.25) is 0 Å². The van der Waals surface area contributed by atoms with Crippen molar-refractivity contribution in [2.75, 3.05) is 0 Å². The first kappa shape index (κ1) is 22.0. The first-order valence-electron chi connectivity index (χ1n) is 10.9. The van der Waals surface area contributed by atoms with Crippen LogP contribution in [0.1, 0.15) is 61.8 Å². The van der Waals surface area contributed by atoms with E-state index in [1.165, 1.54) is 24.8 Å². The third kappa shape index (κ3) is 5.66. The zero-order valence-electron chi connectivity index (χ0n) is 17.9. The van der Waals surface area contributed by atoms with Gasteiger partial charge in [0.25, 0.3) is 0 Å². The number of benzene rings is 3. The van der Waals surface area contributed by atoms with Gasteiger partial charge < -0.3 is 0 Å². The topological polar surface area (TPSA) is 0 Å². The summed E-state index contributed by atoms with van der Waals surface area (Å²) in [6, 6.07) is 18.6. The van der Waals surface area contributed by atoms with Crippen molar-refractivity contribution in [2.24, 2.45) is 0 Å². The molecular formula is C28H30F2. The number of allylic oxidation sites excluding steroid dienone is 2. The Kier molecular flexibility index (Phi) is 7.96. The first-order valence-corrected chi connectivity index (χ1v) is 10.9. The number of fused-ring (bicyclic) bond motifs is 1. The molecule has 0 amide bonds. The van der Waals surface area contributed by atoms with E-state index in [2.05, 4.69) is 25.1 Å². The number of hydrogen-bond acceptors (Lipinski definition) is 0. The summed E-state index contributed by atoms with van der Waals surface area (Å²) in [7, 11) is 0. The molecule has 0 N–H and O–H groups in total. The van der Waals surface area contributed by atoms with Gasteiger partial charge in [-0.05, 0) is 60.6 Å². The predicted molar refractivity (Wildman–Crippen MR) is 126 cm³/mol. The van der Waals surface area contributed by atoms with Crippen LogP contribution in [0.5, 0.6) is 0 Å². The molecule has 0 saturated heterocycles. The molecule has 0 aromatic heterocycles. The van der Waals surface area contributed by atoms with Crippen LogP contribution in [0.2, 0.25) is 0 Å². The highest BCUT2D eigenvalue weighted by Gasteiger charge is 2.12. The Balaban J connectivity index is 1.79. The second-order valence-electron chi connectivity index (χ2n) is 7.79. The van der Waals surface area contributed by atoms with Gasteiger partial charge in [0, 0.05) is 11.1 Å². The summed E-state index contributed by atoms with van der Waals surface area (Å²) in [6.45, 7) is 4.19. The number of unbranched alkanes of at least 4 members (excludes halogenated alkanes) is 2. The average molecular weight is 405 g/mol. The van der Waals surface area contributed by atoms with Gasteiger partial charge in [0.15, 0.2) is 11.7 Å². The van der Waals surface area contributed by atoms with Gasteiger partial charge >= 0.3 is 0 Å². The van der Waals surface area contributed by atoms with Crippen LogP contribution in [-0.2, 0) is 12.8 Å². The maximum Gasteiger partial charge on any atom is 0.166 e. The minimum Gasteiger partial charge on any atom is -0.203 e. The molecular weight excluding hydrogens is 374 g/mol. The summed E-state index contributed by atoms with van der Waals surface area (Å²) < 4.78 is 29.7. The highest BCUT2D eigenvalue weighted by atomic mass is 19.2. The Bertz CT molecular complexity index is 1030. The Morgan fingerprint density at radius 2 is 1.37 bits per heavy atom. The second-order valence-corrected chi connectivity index (χ2v) is 7.79. The summed E-state index contributed by atoms with van der Waals surface area (Å²) in [6.07, 6.45) is 10.6. The van der Waals surface area contributed by atoms with Crippen LogP contribution in [0.4, 0.5) is 8.78 Å². The van der Waals surface area contributed by atoms with Gasteiger partial charge in [-0.25, -0.2) is 8.78 Å². The molecule has 0 saturated carbocycles. The third-order valence-corrected chi connectivity index (χ3v) is 5.46. The van der Waals surface area contributed by atoms with Gasteiger partial charge in [-0.1, -0.05) is 86.5 Å². The van der Waals surface area contributed by atoms with E-state index in [1.807, 2.05) is 37.3 Å². The monoisotopic (exact) mass is 404 g/mol. The average Bonchev–Trinajstić information content (AvgIpc) is 2.78. The summed E-state index contributed by atoms with van der Waals surface area (Å²) in [5.74, 6) is -1.63. The first-order chi connectivity index (χ1) is 14.6. The molecule has 3 aromatic rings. The predicted octanol–water partition coefficient (Wildman–Crippen LogP) is 8.85. The van der Waals surface area contributed by atoms with E-state index in [1.54, 1.807) is 24.3 Å². The molecule has 0 aliphatic rings. The quantitative estimate of drug-likeness (QED) is 0.190. The molecule has 0 fully saturated rings. The molecule has 0 aliphatic carbocycles.